The Morgan fingerprint density at radius 2 is 1.96 bits per heavy atom. The first kappa shape index (κ1) is 20.2. The first-order valence-corrected chi connectivity index (χ1v) is 10.1. The van der Waals surface area contributed by atoms with Crippen LogP contribution in [0.15, 0.2) is 41.0 Å². The van der Waals surface area contributed by atoms with E-state index < -0.39 is 18.1 Å². The number of carbonyl (C=O) groups excluding carboxylic acids is 3. The van der Waals surface area contributed by atoms with Gasteiger partial charge in [0.15, 0.2) is 6.10 Å². The number of esters is 1. The van der Waals surface area contributed by atoms with Gasteiger partial charge in [0.1, 0.15) is 17.2 Å². The number of rotatable bonds is 5. The van der Waals surface area contributed by atoms with Gasteiger partial charge in [-0.25, -0.2) is 4.79 Å². The van der Waals surface area contributed by atoms with Gasteiger partial charge in [-0.2, -0.15) is 0 Å². The third kappa shape index (κ3) is 3.99. The maximum absolute atomic E-state index is 12.7. The van der Waals surface area contributed by atoms with Gasteiger partial charge < -0.3 is 14.1 Å². The summed E-state index contributed by atoms with van der Waals surface area (Å²) in [6.07, 6.45) is 0.598. The maximum Gasteiger partial charge on any atom is 0.330 e. The van der Waals surface area contributed by atoms with Gasteiger partial charge in [0.25, 0.3) is 0 Å². The summed E-state index contributed by atoms with van der Waals surface area (Å²) in [6.45, 7) is 6.86. The molecule has 0 radical (unpaired) electrons. The molecule has 0 spiro atoms. The van der Waals surface area contributed by atoms with Crippen molar-refractivity contribution in [1.82, 2.24) is 4.90 Å². The van der Waals surface area contributed by atoms with Crippen molar-refractivity contribution in [2.75, 3.05) is 5.75 Å². The Bertz CT molecular complexity index is 892. The first-order valence-electron chi connectivity index (χ1n) is 9.05. The molecule has 2 heterocycles. The third-order valence-corrected chi connectivity index (χ3v) is 6.16. The quantitative estimate of drug-likeness (QED) is 0.562. The summed E-state index contributed by atoms with van der Waals surface area (Å²) in [5.41, 5.74) is 2.59. The Hall–Kier alpha value is -2.54. The van der Waals surface area contributed by atoms with Gasteiger partial charge in [0, 0.05) is 18.2 Å². The van der Waals surface area contributed by atoms with Crippen LogP contribution in [0.1, 0.15) is 46.5 Å². The zero-order valence-corrected chi connectivity index (χ0v) is 17.1. The minimum absolute atomic E-state index is 0.249. The van der Waals surface area contributed by atoms with Crippen LogP contribution in [0.3, 0.4) is 0 Å². The van der Waals surface area contributed by atoms with E-state index in [0.29, 0.717) is 17.1 Å². The topological polar surface area (TPSA) is 76.8 Å². The number of thioether (sulfide) groups is 1. The average Bonchev–Trinajstić information content (AvgIpc) is 3.32. The number of benzene rings is 1. The van der Waals surface area contributed by atoms with Crippen LogP contribution in [0, 0.1) is 13.8 Å². The van der Waals surface area contributed by atoms with Crippen LogP contribution in [0.2, 0.25) is 0 Å². The fourth-order valence-electron chi connectivity index (χ4n) is 3.16. The molecule has 1 aromatic heterocycles. The molecule has 1 aliphatic rings. The minimum Gasteiger partial charge on any atom is -0.466 e. The van der Waals surface area contributed by atoms with Gasteiger partial charge in [-0.1, -0.05) is 12.1 Å². The summed E-state index contributed by atoms with van der Waals surface area (Å²) in [5, 5.41) is -0.379. The molecule has 1 saturated heterocycles. The molecule has 0 N–H and O–H groups in total. The molecule has 2 aromatic rings. The average molecular weight is 401 g/mol. The van der Waals surface area contributed by atoms with Crippen molar-refractivity contribution >= 4 is 29.4 Å². The molecular weight excluding hydrogens is 378 g/mol. The molecule has 3 atom stereocenters. The molecule has 0 unspecified atom stereocenters. The number of hydrogen-bond acceptors (Lipinski definition) is 6. The lowest BCUT2D eigenvalue weighted by atomic mass is 10.0. The van der Waals surface area contributed by atoms with E-state index in [1.807, 2.05) is 19.9 Å². The monoisotopic (exact) mass is 401 g/mol. The predicted octanol–water partition coefficient (Wildman–Crippen LogP) is 3.67. The van der Waals surface area contributed by atoms with E-state index in [9.17, 15) is 14.4 Å². The zero-order valence-electron chi connectivity index (χ0n) is 16.3. The molecule has 7 heteroatoms. The molecule has 3 rings (SSSR count). The van der Waals surface area contributed by atoms with E-state index >= 15 is 0 Å². The van der Waals surface area contributed by atoms with Crippen molar-refractivity contribution in [1.29, 1.82) is 0 Å². The predicted molar refractivity (Wildman–Crippen MR) is 106 cm³/mol. The summed E-state index contributed by atoms with van der Waals surface area (Å²) in [7, 11) is 0. The van der Waals surface area contributed by atoms with Crippen LogP contribution in [0.5, 0.6) is 0 Å². The summed E-state index contributed by atoms with van der Waals surface area (Å²) >= 11 is 1.43. The van der Waals surface area contributed by atoms with Crippen LogP contribution in [-0.4, -0.2) is 40.5 Å². The van der Waals surface area contributed by atoms with Crippen LogP contribution in [-0.2, 0) is 14.3 Å². The number of hydrogen-bond donors (Lipinski definition) is 0. The zero-order chi connectivity index (χ0) is 20.4. The standard InChI is InChI=1S/C21H23NO5S/c1-12-7-8-16(10-13(12)2)19(24)14(3)27-21(25)17-11-28-20(22(17)15(4)23)18-6-5-9-26-18/h5-10,14,17,20H,11H2,1-4H3/t14-,17-,20+/m0/s1. The summed E-state index contributed by atoms with van der Waals surface area (Å²) in [4.78, 5) is 39.0. The smallest absolute Gasteiger partial charge is 0.330 e. The highest BCUT2D eigenvalue weighted by atomic mass is 32.2. The fraction of sp³-hybridized carbons (Fsp3) is 0.381. The Kier molecular flexibility index (Phi) is 5.93. The highest BCUT2D eigenvalue weighted by molar-refractivity contribution is 7.99. The lowest BCUT2D eigenvalue weighted by molar-refractivity contribution is -0.155. The second-order valence-corrected chi connectivity index (χ2v) is 8.00. The van der Waals surface area contributed by atoms with Crippen molar-refractivity contribution in [2.45, 2.75) is 45.2 Å². The van der Waals surface area contributed by atoms with Crippen molar-refractivity contribution in [3.8, 4) is 0 Å². The van der Waals surface area contributed by atoms with E-state index in [0.717, 1.165) is 11.1 Å². The molecule has 0 saturated carbocycles. The molecule has 0 bridgehead atoms. The van der Waals surface area contributed by atoms with Crippen LogP contribution >= 0.6 is 11.8 Å². The molecule has 148 valence electrons. The minimum atomic E-state index is -0.934. The Morgan fingerprint density at radius 3 is 2.57 bits per heavy atom. The number of ether oxygens (including phenoxy) is 1. The van der Waals surface area contributed by atoms with E-state index in [2.05, 4.69) is 0 Å². The number of aryl methyl sites for hydroxylation is 2. The normalized spacial score (nSPS) is 20.1. The number of furan rings is 1. The summed E-state index contributed by atoms with van der Waals surface area (Å²) < 4.78 is 10.8. The van der Waals surface area contributed by atoms with E-state index in [1.54, 1.807) is 31.2 Å². The summed E-state index contributed by atoms with van der Waals surface area (Å²) in [5.74, 6) is -0.106. The Balaban J connectivity index is 1.71. The van der Waals surface area contributed by atoms with E-state index in [-0.39, 0.29) is 17.1 Å². The van der Waals surface area contributed by atoms with Crippen LogP contribution in [0.4, 0.5) is 0 Å². The molecular formula is C21H23NO5S. The molecule has 1 fully saturated rings. The molecule has 1 aromatic carbocycles. The lowest BCUT2D eigenvalue weighted by Gasteiger charge is -2.26. The van der Waals surface area contributed by atoms with Gasteiger partial charge in [-0.15, -0.1) is 11.8 Å². The molecule has 1 aliphatic heterocycles. The number of Topliss-reactive ketones (excluding diaryl/α,β-unsaturated/α-hetero) is 1. The van der Waals surface area contributed by atoms with Gasteiger partial charge >= 0.3 is 5.97 Å². The molecule has 28 heavy (non-hydrogen) atoms. The second-order valence-electron chi connectivity index (χ2n) is 6.89. The highest BCUT2D eigenvalue weighted by Crippen LogP contribution is 2.41. The Morgan fingerprint density at radius 1 is 1.21 bits per heavy atom. The highest BCUT2D eigenvalue weighted by Gasteiger charge is 2.43. The van der Waals surface area contributed by atoms with Crippen molar-refractivity contribution in [3.05, 3.63) is 59.0 Å². The number of amides is 1. The summed E-state index contributed by atoms with van der Waals surface area (Å²) in [6, 6.07) is 8.15. The lowest BCUT2D eigenvalue weighted by Crippen LogP contribution is -2.44. The largest absolute Gasteiger partial charge is 0.466 e. The van der Waals surface area contributed by atoms with Gasteiger partial charge in [0.05, 0.1) is 6.26 Å². The van der Waals surface area contributed by atoms with Gasteiger partial charge in [0.2, 0.25) is 11.7 Å². The fourth-order valence-corrected chi connectivity index (χ4v) is 4.57. The first-order chi connectivity index (χ1) is 13.3. The van der Waals surface area contributed by atoms with Gasteiger partial charge in [-0.05, 0) is 50.1 Å². The molecule has 1 amide bonds. The SMILES string of the molecule is CC(=O)N1[C@@H](c2ccco2)SC[C@H]1C(=O)O[C@@H](C)C(=O)c1ccc(C)c(C)c1. The number of nitrogens with zero attached hydrogens (tertiary/aromatic N) is 1. The molecule has 6 nitrogen and oxygen atoms in total. The van der Waals surface area contributed by atoms with Gasteiger partial charge in [-0.3, -0.25) is 9.59 Å². The van der Waals surface area contributed by atoms with E-state index in [1.165, 1.54) is 29.8 Å². The third-order valence-electron chi connectivity index (χ3n) is 4.88. The molecule has 0 aliphatic carbocycles. The van der Waals surface area contributed by atoms with Crippen molar-refractivity contribution in [3.63, 3.8) is 0 Å². The Labute approximate surface area is 168 Å². The van der Waals surface area contributed by atoms with Crippen molar-refractivity contribution < 1.29 is 23.5 Å². The number of carbonyl (C=O) groups is 3. The van der Waals surface area contributed by atoms with Crippen LogP contribution < -0.4 is 0 Å². The maximum atomic E-state index is 12.7. The second kappa shape index (κ2) is 8.22. The van der Waals surface area contributed by atoms with E-state index in [4.69, 9.17) is 9.15 Å². The number of ketones is 1. The van der Waals surface area contributed by atoms with Crippen molar-refractivity contribution in [2.24, 2.45) is 0 Å². The van der Waals surface area contributed by atoms with Crippen LogP contribution in [0.25, 0.3) is 0 Å².